The monoisotopic (exact) mass is 250 g/mol. The van der Waals surface area contributed by atoms with Gasteiger partial charge in [0, 0.05) is 22.3 Å². The minimum atomic E-state index is -0.460. The number of carbonyl (C=O) groups excluding carboxylic acids is 1. The van der Waals surface area contributed by atoms with Gasteiger partial charge in [-0.05, 0) is 25.1 Å². The number of ketones is 1. The lowest BCUT2D eigenvalue weighted by Crippen LogP contribution is -2.07. The van der Waals surface area contributed by atoms with Crippen LogP contribution in [0.1, 0.15) is 21.1 Å². The lowest BCUT2D eigenvalue weighted by molar-refractivity contribution is 0.0993. The minimum Gasteiger partial charge on any atom is -0.398 e. The molecule has 88 valence electrons. The predicted molar refractivity (Wildman–Crippen MR) is 65.7 cm³/mol. The lowest BCUT2D eigenvalue weighted by atomic mass is 10.1. The maximum Gasteiger partial charge on any atom is 0.171 e. The van der Waals surface area contributed by atoms with Crippen molar-refractivity contribution in [2.75, 3.05) is 5.73 Å². The fourth-order valence-corrected chi connectivity index (χ4v) is 2.26. The topological polar surface area (TPSA) is 56.0 Å². The van der Waals surface area contributed by atoms with Crippen molar-refractivity contribution in [3.8, 4) is 0 Å². The molecule has 2 aromatic rings. The highest BCUT2D eigenvalue weighted by molar-refractivity contribution is 7.09. The van der Waals surface area contributed by atoms with Crippen LogP contribution in [0, 0.1) is 12.7 Å². The van der Waals surface area contributed by atoms with Gasteiger partial charge in [-0.3, -0.25) is 4.79 Å². The van der Waals surface area contributed by atoms with Gasteiger partial charge in [0.1, 0.15) is 10.8 Å². The van der Waals surface area contributed by atoms with E-state index >= 15 is 0 Å². The number of aromatic nitrogens is 1. The van der Waals surface area contributed by atoms with Gasteiger partial charge in [0.2, 0.25) is 0 Å². The van der Waals surface area contributed by atoms with Gasteiger partial charge in [0.05, 0.1) is 6.42 Å². The summed E-state index contributed by atoms with van der Waals surface area (Å²) in [5, 5.41) is 2.59. The molecule has 2 rings (SSSR count). The van der Waals surface area contributed by atoms with Gasteiger partial charge in [-0.15, -0.1) is 11.3 Å². The molecule has 0 spiro atoms. The summed E-state index contributed by atoms with van der Waals surface area (Å²) in [4.78, 5) is 16.1. The molecule has 0 bridgehead atoms. The fraction of sp³-hybridized carbons (Fsp3) is 0.167. The Kier molecular flexibility index (Phi) is 3.19. The molecule has 0 aliphatic carbocycles. The molecular weight excluding hydrogens is 239 g/mol. The zero-order valence-corrected chi connectivity index (χ0v) is 10.1. The maximum atomic E-state index is 13.0. The molecule has 0 atom stereocenters. The van der Waals surface area contributed by atoms with Gasteiger partial charge < -0.3 is 5.73 Å². The molecule has 0 saturated carbocycles. The van der Waals surface area contributed by atoms with Gasteiger partial charge >= 0.3 is 0 Å². The quantitative estimate of drug-likeness (QED) is 0.673. The van der Waals surface area contributed by atoms with Crippen LogP contribution in [0.2, 0.25) is 0 Å². The van der Waals surface area contributed by atoms with Crippen molar-refractivity contribution in [1.82, 2.24) is 4.98 Å². The first-order valence-corrected chi connectivity index (χ1v) is 5.93. The molecule has 0 radical (unpaired) electrons. The van der Waals surface area contributed by atoms with Gasteiger partial charge in [0.15, 0.2) is 5.78 Å². The van der Waals surface area contributed by atoms with Crippen LogP contribution in [-0.2, 0) is 6.42 Å². The fourth-order valence-electron chi connectivity index (χ4n) is 1.49. The molecule has 0 aliphatic heterocycles. The molecule has 5 heteroatoms. The van der Waals surface area contributed by atoms with E-state index < -0.39 is 5.82 Å². The van der Waals surface area contributed by atoms with E-state index in [1.54, 1.807) is 0 Å². The van der Waals surface area contributed by atoms with Gasteiger partial charge in [-0.1, -0.05) is 0 Å². The SMILES string of the molecule is Cc1csc(CC(=O)c2cc(F)ccc2N)n1. The third kappa shape index (κ3) is 2.68. The van der Waals surface area contributed by atoms with Crippen LogP contribution in [0.3, 0.4) is 0 Å². The first-order chi connectivity index (χ1) is 8.06. The van der Waals surface area contributed by atoms with Crippen LogP contribution in [0.25, 0.3) is 0 Å². The van der Waals surface area contributed by atoms with Crippen molar-refractivity contribution < 1.29 is 9.18 Å². The van der Waals surface area contributed by atoms with Crippen molar-refractivity contribution in [2.24, 2.45) is 0 Å². The molecule has 0 saturated heterocycles. The summed E-state index contributed by atoms with van der Waals surface area (Å²) in [5.74, 6) is -0.672. The predicted octanol–water partition coefficient (Wildman–Crippen LogP) is 2.60. The summed E-state index contributed by atoms with van der Waals surface area (Å²) in [7, 11) is 0. The highest BCUT2D eigenvalue weighted by Gasteiger charge is 2.13. The van der Waals surface area contributed by atoms with E-state index in [0.717, 1.165) is 16.8 Å². The molecule has 1 aromatic carbocycles. The van der Waals surface area contributed by atoms with Crippen LogP contribution in [0.4, 0.5) is 10.1 Å². The number of nitrogens with zero attached hydrogens (tertiary/aromatic N) is 1. The molecule has 1 heterocycles. The Balaban J connectivity index is 2.22. The number of hydrogen-bond acceptors (Lipinski definition) is 4. The number of benzene rings is 1. The van der Waals surface area contributed by atoms with E-state index in [4.69, 9.17) is 5.73 Å². The normalized spacial score (nSPS) is 10.5. The standard InChI is InChI=1S/C12H11FN2OS/c1-7-6-17-12(15-7)5-11(16)9-4-8(13)2-3-10(9)14/h2-4,6H,5,14H2,1H3. The molecule has 0 amide bonds. The average Bonchev–Trinajstić information content (AvgIpc) is 2.67. The summed E-state index contributed by atoms with van der Waals surface area (Å²) in [6.45, 7) is 1.86. The number of nitrogens with two attached hydrogens (primary N) is 1. The Hall–Kier alpha value is -1.75. The number of thiazole rings is 1. The Labute approximate surface area is 102 Å². The zero-order chi connectivity index (χ0) is 12.4. The second-order valence-electron chi connectivity index (χ2n) is 3.71. The van der Waals surface area contributed by atoms with Crippen LogP contribution in [0.15, 0.2) is 23.6 Å². The van der Waals surface area contributed by atoms with Crippen molar-refractivity contribution in [3.05, 3.63) is 45.7 Å². The number of carbonyl (C=O) groups is 1. The summed E-state index contributed by atoms with van der Waals surface area (Å²) >= 11 is 1.42. The smallest absolute Gasteiger partial charge is 0.171 e. The third-order valence-electron chi connectivity index (χ3n) is 2.29. The Bertz CT molecular complexity index is 565. The molecule has 2 N–H and O–H groups in total. The number of nitrogen functional groups attached to an aromatic ring is 1. The molecule has 0 unspecified atom stereocenters. The van der Waals surface area contributed by atoms with E-state index in [9.17, 15) is 9.18 Å². The Morgan fingerprint density at radius 2 is 2.29 bits per heavy atom. The molecule has 17 heavy (non-hydrogen) atoms. The van der Waals surface area contributed by atoms with Gasteiger partial charge in [0.25, 0.3) is 0 Å². The molecular formula is C12H11FN2OS. The van der Waals surface area contributed by atoms with E-state index in [-0.39, 0.29) is 17.8 Å². The van der Waals surface area contributed by atoms with Crippen LogP contribution in [-0.4, -0.2) is 10.8 Å². The van der Waals surface area contributed by atoms with E-state index in [1.807, 2.05) is 12.3 Å². The van der Waals surface area contributed by atoms with Gasteiger partial charge in [-0.25, -0.2) is 9.37 Å². The second kappa shape index (κ2) is 4.63. The van der Waals surface area contributed by atoms with Crippen LogP contribution in [0.5, 0.6) is 0 Å². The molecule has 1 aromatic heterocycles. The number of rotatable bonds is 3. The number of anilines is 1. The number of aryl methyl sites for hydroxylation is 1. The first kappa shape index (κ1) is 11.7. The highest BCUT2D eigenvalue weighted by atomic mass is 32.1. The summed E-state index contributed by atoms with van der Waals surface area (Å²) in [6, 6.07) is 3.80. The molecule has 0 fully saturated rings. The highest BCUT2D eigenvalue weighted by Crippen LogP contribution is 2.17. The largest absolute Gasteiger partial charge is 0.398 e. The number of hydrogen-bond donors (Lipinski definition) is 1. The zero-order valence-electron chi connectivity index (χ0n) is 9.24. The van der Waals surface area contributed by atoms with Crippen LogP contribution >= 0.6 is 11.3 Å². The van der Waals surface area contributed by atoms with Crippen molar-refractivity contribution in [2.45, 2.75) is 13.3 Å². The van der Waals surface area contributed by atoms with Crippen molar-refractivity contribution >= 4 is 22.8 Å². The summed E-state index contributed by atoms with van der Waals surface area (Å²) in [6.07, 6.45) is 0.159. The minimum absolute atomic E-state index is 0.159. The third-order valence-corrected chi connectivity index (χ3v) is 3.26. The average molecular weight is 250 g/mol. The van der Waals surface area contributed by atoms with Gasteiger partial charge in [-0.2, -0.15) is 0 Å². The second-order valence-corrected chi connectivity index (χ2v) is 4.66. The Morgan fingerprint density at radius 1 is 1.53 bits per heavy atom. The first-order valence-electron chi connectivity index (χ1n) is 5.05. The van der Waals surface area contributed by atoms with E-state index in [2.05, 4.69) is 4.98 Å². The summed E-state index contributed by atoms with van der Waals surface area (Å²) < 4.78 is 13.0. The Morgan fingerprint density at radius 3 is 2.94 bits per heavy atom. The lowest BCUT2D eigenvalue weighted by Gasteiger charge is -2.03. The number of Topliss-reactive ketones (excluding diaryl/α,β-unsaturated/α-hetero) is 1. The molecule has 3 nitrogen and oxygen atoms in total. The number of halogens is 1. The van der Waals surface area contributed by atoms with E-state index in [0.29, 0.717) is 5.69 Å². The van der Waals surface area contributed by atoms with Crippen molar-refractivity contribution in [3.63, 3.8) is 0 Å². The van der Waals surface area contributed by atoms with Crippen molar-refractivity contribution in [1.29, 1.82) is 0 Å². The van der Waals surface area contributed by atoms with E-state index in [1.165, 1.54) is 23.5 Å². The maximum absolute atomic E-state index is 13.0. The van der Waals surface area contributed by atoms with Crippen LogP contribution < -0.4 is 5.73 Å². The summed E-state index contributed by atoms with van der Waals surface area (Å²) in [5.41, 5.74) is 7.04. The molecule has 0 aliphatic rings.